The SMILES string of the molecule is O=C(Nc1ccc(-c2cnns2)cc1)c1cnccn1. The molecule has 0 fully saturated rings. The van der Waals surface area contributed by atoms with Crippen molar-refractivity contribution >= 4 is 23.1 Å². The average molecular weight is 283 g/mol. The Morgan fingerprint density at radius 2 is 1.95 bits per heavy atom. The maximum Gasteiger partial charge on any atom is 0.275 e. The first-order valence-electron chi connectivity index (χ1n) is 5.78. The lowest BCUT2D eigenvalue weighted by atomic mass is 10.2. The second-order valence-electron chi connectivity index (χ2n) is 3.90. The van der Waals surface area contributed by atoms with E-state index in [4.69, 9.17) is 0 Å². The Hall–Kier alpha value is -2.67. The molecule has 0 bridgehead atoms. The van der Waals surface area contributed by atoms with E-state index >= 15 is 0 Å². The summed E-state index contributed by atoms with van der Waals surface area (Å²) in [5.74, 6) is -0.287. The zero-order chi connectivity index (χ0) is 13.8. The number of carbonyl (C=O) groups excluding carboxylic acids is 1. The van der Waals surface area contributed by atoms with Gasteiger partial charge in [-0.15, -0.1) is 5.10 Å². The summed E-state index contributed by atoms with van der Waals surface area (Å²) in [5, 5.41) is 6.55. The lowest BCUT2D eigenvalue weighted by molar-refractivity contribution is 0.102. The normalized spacial score (nSPS) is 10.2. The monoisotopic (exact) mass is 283 g/mol. The maximum atomic E-state index is 11.9. The summed E-state index contributed by atoms with van der Waals surface area (Å²) in [6, 6.07) is 7.45. The molecule has 0 atom stereocenters. The number of carbonyl (C=O) groups is 1. The van der Waals surface area contributed by atoms with Gasteiger partial charge in [-0.25, -0.2) is 4.98 Å². The lowest BCUT2D eigenvalue weighted by Crippen LogP contribution is -2.13. The van der Waals surface area contributed by atoms with Crippen molar-refractivity contribution < 1.29 is 4.79 Å². The van der Waals surface area contributed by atoms with E-state index in [0.29, 0.717) is 5.69 Å². The van der Waals surface area contributed by atoms with Gasteiger partial charge in [0.2, 0.25) is 0 Å². The third-order valence-electron chi connectivity index (χ3n) is 2.58. The molecular formula is C13H9N5OS. The van der Waals surface area contributed by atoms with E-state index < -0.39 is 0 Å². The van der Waals surface area contributed by atoms with Gasteiger partial charge in [-0.3, -0.25) is 9.78 Å². The molecule has 3 aromatic rings. The molecule has 2 heterocycles. The van der Waals surface area contributed by atoms with Gasteiger partial charge in [0, 0.05) is 18.1 Å². The molecule has 0 saturated carbocycles. The standard InChI is InChI=1S/C13H9N5OS/c19-13(11-7-14-5-6-15-11)17-10-3-1-9(2-4-10)12-8-16-18-20-12/h1-8H,(H,17,19). The number of amides is 1. The van der Waals surface area contributed by atoms with Crippen LogP contribution >= 0.6 is 11.5 Å². The highest BCUT2D eigenvalue weighted by Crippen LogP contribution is 2.23. The van der Waals surface area contributed by atoms with E-state index in [1.165, 1.54) is 30.1 Å². The van der Waals surface area contributed by atoms with E-state index in [2.05, 4.69) is 24.9 Å². The van der Waals surface area contributed by atoms with E-state index in [1.807, 2.05) is 24.3 Å². The van der Waals surface area contributed by atoms with Crippen LogP contribution in [0.4, 0.5) is 5.69 Å². The van der Waals surface area contributed by atoms with Crippen molar-refractivity contribution in [1.82, 2.24) is 19.6 Å². The summed E-state index contributed by atoms with van der Waals surface area (Å²) in [6.45, 7) is 0. The molecule has 3 rings (SSSR count). The van der Waals surface area contributed by atoms with Gasteiger partial charge in [0.1, 0.15) is 5.69 Å². The van der Waals surface area contributed by atoms with Crippen molar-refractivity contribution in [3.05, 3.63) is 54.7 Å². The van der Waals surface area contributed by atoms with Crippen LogP contribution in [0.1, 0.15) is 10.5 Å². The van der Waals surface area contributed by atoms with Crippen LogP contribution < -0.4 is 5.32 Å². The smallest absolute Gasteiger partial charge is 0.275 e. The van der Waals surface area contributed by atoms with Crippen LogP contribution in [0.25, 0.3) is 10.4 Å². The Bertz CT molecular complexity index is 697. The number of aromatic nitrogens is 4. The highest BCUT2D eigenvalue weighted by Gasteiger charge is 2.07. The highest BCUT2D eigenvalue weighted by molar-refractivity contribution is 7.09. The van der Waals surface area contributed by atoms with Crippen LogP contribution in [0.3, 0.4) is 0 Å². The van der Waals surface area contributed by atoms with E-state index in [9.17, 15) is 4.79 Å². The predicted octanol–water partition coefficient (Wildman–Crippen LogP) is 2.25. The molecule has 98 valence electrons. The quantitative estimate of drug-likeness (QED) is 0.797. The minimum absolute atomic E-state index is 0.281. The summed E-state index contributed by atoms with van der Waals surface area (Å²) in [7, 11) is 0. The van der Waals surface area contributed by atoms with Crippen molar-refractivity contribution in [2.45, 2.75) is 0 Å². The van der Waals surface area contributed by atoms with Gasteiger partial charge >= 0.3 is 0 Å². The van der Waals surface area contributed by atoms with Crippen molar-refractivity contribution in [3.8, 4) is 10.4 Å². The molecule has 0 saturated heterocycles. The summed E-state index contributed by atoms with van der Waals surface area (Å²) >= 11 is 1.33. The van der Waals surface area contributed by atoms with E-state index in [1.54, 1.807) is 6.20 Å². The Kier molecular flexibility index (Phi) is 3.42. The van der Waals surface area contributed by atoms with E-state index in [-0.39, 0.29) is 11.6 Å². The fraction of sp³-hybridized carbons (Fsp3) is 0. The van der Waals surface area contributed by atoms with Crippen molar-refractivity contribution in [2.75, 3.05) is 5.32 Å². The van der Waals surface area contributed by atoms with Gasteiger partial charge < -0.3 is 5.32 Å². The molecule has 0 unspecified atom stereocenters. The van der Waals surface area contributed by atoms with Gasteiger partial charge in [0.25, 0.3) is 5.91 Å². The second-order valence-corrected chi connectivity index (χ2v) is 4.69. The summed E-state index contributed by atoms with van der Waals surface area (Å²) in [5.41, 5.74) is 1.99. The maximum absolute atomic E-state index is 11.9. The van der Waals surface area contributed by atoms with Gasteiger partial charge in [-0.05, 0) is 29.2 Å². The molecular weight excluding hydrogens is 274 g/mol. The number of hydrogen-bond acceptors (Lipinski definition) is 6. The Morgan fingerprint density at radius 3 is 2.60 bits per heavy atom. The van der Waals surface area contributed by atoms with Crippen LogP contribution in [-0.2, 0) is 0 Å². The number of benzene rings is 1. The number of hydrogen-bond donors (Lipinski definition) is 1. The fourth-order valence-corrected chi connectivity index (χ4v) is 2.14. The first-order chi connectivity index (χ1) is 9.83. The van der Waals surface area contributed by atoms with Crippen molar-refractivity contribution in [3.63, 3.8) is 0 Å². The van der Waals surface area contributed by atoms with Gasteiger partial charge in [0.15, 0.2) is 0 Å². The molecule has 1 amide bonds. The third kappa shape index (κ3) is 2.67. The molecule has 0 spiro atoms. The fourth-order valence-electron chi connectivity index (χ4n) is 1.62. The molecule has 0 aliphatic rings. The molecule has 0 aliphatic carbocycles. The first kappa shape index (κ1) is 12.4. The molecule has 7 heteroatoms. The van der Waals surface area contributed by atoms with Crippen LogP contribution in [-0.4, -0.2) is 25.5 Å². The number of nitrogens with zero attached hydrogens (tertiary/aromatic N) is 4. The minimum Gasteiger partial charge on any atom is -0.321 e. The third-order valence-corrected chi connectivity index (χ3v) is 3.30. The molecule has 1 N–H and O–H groups in total. The van der Waals surface area contributed by atoms with Gasteiger partial charge in [-0.2, -0.15) is 0 Å². The van der Waals surface area contributed by atoms with Crippen LogP contribution in [0.15, 0.2) is 49.1 Å². The second kappa shape index (κ2) is 5.54. The zero-order valence-corrected chi connectivity index (χ0v) is 11.0. The molecule has 2 aromatic heterocycles. The summed E-state index contributed by atoms with van der Waals surface area (Å²) < 4.78 is 3.82. The highest BCUT2D eigenvalue weighted by atomic mass is 32.1. The van der Waals surface area contributed by atoms with Gasteiger partial charge in [0.05, 0.1) is 17.3 Å². The number of nitrogens with one attached hydrogen (secondary N) is 1. The largest absolute Gasteiger partial charge is 0.321 e. The Labute approximate surface area is 118 Å². The molecule has 1 aromatic carbocycles. The summed E-state index contributed by atoms with van der Waals surface area (Å²) in [6.07, 6.45) is 6.13. The minimum atomic E-state index is -0.287. The van der Waals surface area contributed by atoms with Crippen LogP contribution in [0.5, 0.6) is 0 Å². The Balaban J connectivity index is 1.74. The molecule has 0 radical (unpaired) electrons. The molecule has 6 nitrogen and oxygen atoms in total. The number of rotatable bonds is 3. The van der Waals surface area contributed by atoms with Gasteiger partial charge in [-0.1, -0.05) is 16.6 Å². The topological polar surface area (TPSA) is 80.7 Å². The summed E-state index contributed by atoms with van der Waals surface area (Å²) in [4.78, 5) is 20.7. The first-order valence-corrected chi connectivity index (χ1v) is 6.55. The van der Waals surface area contributed by atoms with E-state index in [0.717, 1.165) is 10.4 Å². The Morgan fingerprint density at radius 1 is 1.10 bits per heavy atom. The average Bonchev–Trinajstić information content (AvgIpc) is 3.03. The molecule has 0 aliphatic heterocycles. The predicted molar refractivity (Wildman–Crippen MR) is 75.3 cm³/mol. The van der Waals surface area contributed by atoms with Crippen molar-refractivity contribution in [2.24, 2.45) is 0 Å². The van der Waals surface area contributed by atoms with Crippen molar-refractivity contribution in [1.29, 1.82) is 0 Å². The van der Waals surface area contributed by atoms with Crippen LogP contribution in [0.2, 0.25) is 0 Å². The number of anilines is 1. The molecule has 20 heavy (non-hydrogen) atoms. The zero-order valence-electron chi connectivity index (χ0n) is 10.2. The lowest BCUT2D eigenvalue weighted by Gasteiger charge is -2.04. The van der Waals surface area contributed by atoms with Crippen LogP contribution in [0, 0.1) is 0 Å².